The fourth-order valence-corrected chi connectivity index (χ4v) is 1.27. The fraction of sp³-hybridized carbons (Fsp3) is 0.375. The van der Waals surface area contributed by atoms with E-state index >= 15 is 0 Å². The van der Waals surface area contributed by atoms with Gasteiger partial charge in [-0.3, -0.25) is 4.98 Å². The van der Waals surface area contributed by atoms with Crippen LogP contribution in [0.5, 0.6) is 0 Å². The second-order valence-electron chi connectivity index (χ2n) is 2.91. The smallest absolute Gasteiger partial charge is 0.0589 e. The van der Waals surface area contributed by atoms with E-state index in [-0.39, 0.29) is 0 Å². The highest BCUT2D eigenvalue weighted by Crippen LogP contribution is 2.37. The number of aromatic nitrogens is 1. The van der Waals surface area contributed by atoms with Crippen LogP contribution < -0.4 is 5.73 Å². The van der Waals surface area contributed by atoms with Crippen molar-refractivity contribution in [3.8, 4) is 0 Å². The van der Waals surface area contributed by atoms with E-state index in [1.807, 2.05) is 12.1 Å². The van der Waals surface area contributed by atoms with E-state index in [0.717, 1.165) is 12.1 Å². The van der Waals surface area contributed by atoms with Crippen LogP contribution in [0.15, 0.2) is 18.3 Å². The van der Waals surface area contributed by atoms with E-state index < -0.39 is 0 Å². The molecular weight excluding hydrogens is 160 g/mol. The molecule has 0 radical (unpaired) electrons. The molecule has 1 saturated carbocycles. The average Bonchev–Trinajstić information content (AvgIpc) is 2.69. The van der Waals surface area contributed by atoms with Crippen molar-refractivity contribution in [3.05, 3.63) is 29.0 Å². The van der Waals surface area contributed by atoms with Gasteiger partial charge in [0.05, 0.1) is 5.02 Å². The quantitative estimate of drug-likeness (QED) is 0.691. The van der Waals surface area contributed by atoms with Gasteiger partial charge in [-0.25, -0.2) is 0 Å². The zero-order chi connectivity index (χ0) is 7.84. The lowest BCUT2D eigenvalue weighted by atomic mass is 10.2. The molecule has 2 unspecified atom stereocenters. The van der Waals surface area contributed by atoms with Crippen molar-refractivity contribution in [2.24, 2.45) is 5.73 Å². The van der Waals surface area contributed by atoms with E-state index in [1.54, 1.807) is 6.20 Å². The Balaban J connectivity index is 2.21. The highest BCUT2D eigenvalue weighted by atomic mass is 35.5. The molecule has 1 fully saturated rings. The largest absolute Gasteiger partial charge is 0.327 e. The van der Waals surface area contributed by atoms with E-state index in [0.29, 0.717) is 17.0 Å². The summed E-state index contributed by atoms with van der Waals surface area (Å²) in [5, 5.41) is 0.683. The van der Waals surface area contributed by atoms with Gasteiger partial charge in [0.2, 0.25) is 0 Å². The molecule has 1 aliphatic rings. The predicted octanol–water partition coefficient (Wildman–Crippen LogP) is 1.55. The van der Waals surface area contributed by atoms with Gasteiger partial charge in [-0.1, -0.05) is 11.6 Å². The first-order valence-corrected chi connectivity index (χ1v) is 4.02. The van der Waals surface area contributed by atoms with Gasteiger partial charge >= 0.3 is 0 Å². The molecule has 1 aliphatic carbocycles. The van der Waals surface area contributed by atoms with Gasteiger partial charge in [0, 0.05) is 23.9 Å². The van der Waals surface area contributed by atoms with Gasteiger partial charge in [0.25, 0.3) is 0 Å². The topological polar surface area (TPSA) is 38.9 Å². The monoisotopic (exact) mass is 168 g/mol. The number of hydrogen-bond acceptors (Lipinski definition) is 2. The summed E-state index contributed by atoms with van der Waals surface area (Å²) in [6, 6.07) is 4.12. The van der Waals surface area contributed by atoms with E-state index in [4.69, 9.17) is 17.3 Å². The minimum atomic E-state index is 0.323. The molecule has 2 nitrogen and oxygen atoms in total. The Bertz CT molecular complexity index is 257. The van der Waals surface area contributed by atoms with Gasteiger partial charge in [0.15, 0.2) is 0 Å². The Labute approximate surface area is 70.4 Å². The third-order valence-corrected chi connectivity index (χ3v) is 2.19. The third-order valence-electron chi connectivity index (χ3n) is 1.97. The number of halogens is 1. The van der Waals surface area contributed by atoms with Gasteiger partial charge in [-0.05, 0) is 18.6 Å². The summed E-state index contributed by atoms with van der Waals surface area (Å²) in [6.07, 6.45) is 2.73. The molecule has 1 aromatic rings. The summed E-state index contributed by atoms with van der Waals surface area (Å²) in [7, 11) is 0. The van der Waals surface area contributed by atoms with E-state index in [1.165, 1.54) is 0 Å². The number of nitrogens with two attached hydrogens (primary N) is 1. The third kappa shape index (κ3) is 1.37. The first kappa shape index (κ1) is 7.07. The lowest BCUT2D eigenvalue weighted by molar-refractivity contribution is 0.945. The van der Waals surface area contributed by atoms with Crippen LogP contribution >= 0.6 is 11.6 Å². The molecule has 2 rings (SSSR count). The molecule has 11 heavy (non-hydrogen) atoms. The molecule has 2 N–H and O–H groups in total. The van der Waals surface area contributed by atoms with Crippen LogP contribution in [0.3, 0.4) is 0 Å². The molecular formula is C8H9ClN2. The lowest BCUT2D eigenvalue weighted by Crippen LogP contribution is -2.01. The molecule has 58 valence electrons. The maximum atomic E-state index is 5.68. The Morgan fingerprint density at radius 3 is 2.73 bits per heavy atom. The fourth-order valence-electron chi connectivity index (χ4n) is 1.16. The molecule has 0 aliphatic heterocycles. The Kier molecular flexibility index (Phi) is 1.59. The summed E-state index contributed by atoms with van der Waals surface area (Å²) >= 11 is 5.68. The Morgan fingerprint density at radius 2 is 2.27 bits per heavy atom. The highest BCUT2D eigenvalue weighted by molar-refractivity contribution is 6.30. The first-order valence-electron chi connectivity index (χ1n) is 3.64. The van der Waals surface area contributed by atoms with Crippen LogP contribution in [0.2, 0.25) is 5.02 Å². The van der Waals surface area contributed by atoms with Crippen LogP contribution in [0.1, 0.15) is 18.0 Å². The highest BCUT2D eigenvalue weighted by Gasteiger charge is 2.35. The minimum Gasteiger partial charge on any atom is -0.327 e. The van der Waals surface area contributed by atoms with Crippen LogP contribution in [0, 0.1) is 0 Å². The zero-order valence-electron chi connectivity index (χ0n) is 6.00. The van der Waals surface area contributed by atoms with Gasteiger partial charge in [-0.2, -0.15) is 0 Å². The standard InChI is InChI=1S/C8H9ClN2/c9-5-1-2-8(11-4-5)6-3-7(6)10/h1-2,4,6-7H,3,10H2. The van der Waals surface area contributed by atoms with Crippen LogP contribution in [0.4, 0.5) is 0 Å². The number of hydrogen-bond donors (Lipinski definition) is 1. The second-order valence-corrected chi connectivity index (χ2v) is 3.34. The van der Waals surface area contributed by atoms with Crippen LogP contribution in [-0.4, -0.2) is 11.0 Å². The van der Waals surface area contributed by atoms with Gasteiger partial charge in [0.1, 0.15) is 0 Å². The van der Waals surface area contributed by atoms with E-state index in [2.05, 4.69) is 4.98 Å². The van der Waals surface area contributed by atoms with Crippen LogP contribution in [-0.2, 0) is 0 Å². The Hall–Kier alpha value is -0.600. The molecule has 0 spiro atoms. The second kappa shape index (κ2) is 2.47. The maximum Gasteiger partial charge on any atom is 0.0589 e. The number of rotatable bonds is 1. The molecule has 0 saturated heterocycles. The summed E-state index contributed by atoms with van der Waals surface area (Å²) in [6.45, 7) is 0. The van der Waals surface area contributed by atoms with Gasteiger partial charge in [-0.15, -0.1) is 0 Å². The lowest BCUT2D eigenvalue weighted by Gasteiger charge is -1.95. The molecule has 0 aromatic carbocycles. The molecule has 0 bridgehead atoms. The molecule has 2 atom stereocenters. The van der Waals surface area contributed by atoms with Crippen molar-refractivity contribution in [3.63, 3.8) is 0 Å². The number of nitrogens with zero attached hydrogens (tertiary/aromatic N) is 1. The molecule has 1 heterocycles. The summed E-state index contributed by atoms with van der Waals surface area (Å²) in [5.74, 6) is 0.479. The van der Waals surface area contributed by atoms with Crippen molar-refractivity contribution in [1.82, 2.24) is 4.98 Å². The van der Waals surface area contributed by atoms with Crippen molar-refractivity contribution in [2.75, 3.05) is 0 Å². The first-order chi connectivity index (χ1) is 5.27. The zero-order valence-corrected chi connectivity index (χ0v) is 6.75. The molecule has 3 heteroatoms. The predicted molar refractivity (Wildman–Crippen MR) is 44.6 cm³/mol. The molecule has 0 amide bonds. The summed E-state index contributed by atoms with van der Waals surface area (Å²) < 4.78 is 0. The van der Waals surface area contributed by atoms with E-state index in [9.17, 15) is 0 Å². The normalized spacial score (nSPS) is 28.5. The van der Waals surface area contributed by atoms with Crippen molar-refractivity contribution in [2.45, 2.75) is 18.4 Å². The summed E-state index contributed by atoms with van der Waals surface area (Å²) in [5.41, 5.74) is 6.73. The van der Waals surface area contributed by atoms with Crippen LogP contribution in [0.25, 0.3) is 0 Å². The SMILES string of the molecule is NC1CC1c1ccc(Cl)cn1. The maximum absolute atomic E-state index is 5.68. The molecule has 1 aromatic heterocycles. The van der Waals surface area contributed by atoms with Crippen molar-refractivity contribution in [1.29, 1.82) is 0 Å². The average molecular weight is 169 g/mol. The minimum absolute atomic E-state index is 0.323. The van der Waals surface area contributed by atoms with Crippen molar-refractivity contribution >= 4 is 11.6 Å². The number of pyridine rings is 1. The Morgan fingerprint density at radius 1 is 1.55 bits per heavy atom. The van der Waals surface area contributed by atoms with Gasteiger partial charge < -0.3 is 5.73 Å². The summed E-state index contributed by atoms with van der Waals surface area (Å²) in [4.78, 5) is 4.18. The van der Waals surface area contributed by atoms with Crippen molar-refractivity contribution < 1.29 is 0 Å².